The molecular weight excluding hydrogens is 388 g/mol. The largest absolute Gasteiger partial charge is 0.349 e. The Labute approximate surface area is 169 Å². The minimum atomic E-state index is -3.33. The number of rotatable bonds is 5. The molecule has 1 aliphatic rings. The number of carbonyl (C=O) groups is 1. The third-order valence-corrected chi connectivity index (χ3v) is 7.59. The zero-order valence-electron chi connectivity index (χ0n) is 16.5. The number of benzene rings is 1. The van der Waals surface area contributed by atoms with E-state index in [1.54, 1.807) is 50.5 Å². The van der Waals surface area contributed by atoms with Gasteiger partial charge in [-0.2, -0.15) is 0 Å². The van der Waals surface area contributed by atoms with Gasteiger partial charge in [-0.15, -0.1) is 0 Å². The summed E-state index contributed by atoms with van der Waals surface area (Å²) in [4.78, 5) is 25.0. The van der Waals surface area contributed by atoms with Gasteiger partial charge >= 0.3 is 0 Å². The molecule has 1 fully saturated rings. The quantitative estimate of drug-likeness (QED) is 0.667. The number of H-pyrrole nitrogens is 1. The van der Waals surface area contributed by atoms with Crippen molar-refractivity contribution in [3.8, 4) is 11.3 Å². The molecule has 29 heavy (non-hydrogen) atoms. The van der Waals surface area contributed by atoms with E-state index >= 15 is 0 Å². The first-order valence-corrected chi connectivity index (χ1v) is 11.4. The lowest BCUT2D eigenvalue weighted by atomic mass is 10.1. The summed E-state index contributed by atoms with van der Waals surface area (Å²) in [5, 5.41) is 2.59. The van der Waals surface area contributed by atoms with E-state index in [9.17, 15) is 13.2 Å². The molecule has 0 unspecified atom stereocenters. The Kier molecular flexibility index (Phi) is 5.12. The molecule has 2 N–H and O–H groups in total. The van der Waals surface area contributed by atoms with Crippen LogP contribution in [0.4, 0.5) is 0 Å². The van der Waals surface area contributed by atoms with Gasteiger partial charge in [0.15, 0.2) is 15.5 Å². The minimum absolute atomic E-state index is 0.145. The van der Waals surface area contributed by atoms with Crippen molar-refractivity contribution < 1.29 is 13.2 Å². The van der Waals surface area contributed by atoms with Crippen LogP contribution in [0.15, 0.2) is 41.6 Å². The van der Waals surface area contributed by atoms with Crippen LogP contribution in [0.3, 0.4) is 0 Å². The molecule has 152 valence electrons. The van der Waals surface area contributed by atoms with Gasteiger partial charge in [0.25, 0.3) is 5.91 Å². The van der Waals surface area contributed by atoms with E-state index in [0.29, 0.717) is 22.4 Å². The summed E-state index contributed by atoms with van der Waals surface area (Å²) in [6, 6.07) is 6.83. The van der Waals surface area contributed by atoms with Crippen LogP contribution in [0.1, 0.15) is 49.9 Å². The summed E-state index contributed by atoms with van der Waals surface area (Å²) < 4.78 is 24.6. The summed E-state index contributed by atoms with van der Waals surface area (Å²) in [6.45, 7) is 3.32. The molecule has 1 aliphatic carbocycles. The molecular formula is C21H24N4O3S. The van der Waals surface area contributed by atoms with Gasteiger partial charge in [-0.3, -0.25) is 4.79 Å². The second kappa shape index (κ2) is 7.59. The van der Waals surface area contributed by atoms with E-state index in [4.69, 9.17) is 0 Å². The molecule has 1 saturated carbocycles. The highest BCUT2D eigenvalue weighted by Crippen LogP contribution is 2.24. The molecule has 3 aromatic rings. The Morgan fingerprint density at radius 2 is 1.86 bits per heavy atom. The molecule has 0 atom stereocenters. The van der Waals surface area contributed by atoms with Crippen LogP contribution in [-0.4, -0.2) is 40.6 Å². The Morgan fingerprint density at radius 3 is 2.52 bits per heavy atom. The monoisotopic (exact) mass is 412 g/mol. The van der Waals surface area contributed by atoms with Gasteiger partial charge < -0.3 is 10.3 Å². The Morgan fingerprint density at radius 1 is 1.17 bits per heavy atom. The first-order chi connectivity index (χ1) is 13.9. The van der Waals surface area contributed by atoms with Crippen LogP contribution in [-0.2, 0) is 9.84 Å². The van der Waals surface area contributed by atoms with E-state index in [0.717, 1.165) is 31.2 Å². The van der Waals surface area contributed by atoms with Gasteiger partial charge in [-0.25, -0.2) is 18.4 Å². The topological polar surface area (TPSA) is 105 Å². The van der Waals surface area contributed by atoms with Crippen molar-refractivity contribution >= 4 is 26.9 Å². The number of nitrogens with one attached hydrogen (secondary N) is 2. The lowest BCUT2D eigenvalue weighted by molar-refractivity contribution is 0.0939. The highest BCUT2D eigenvalue weighted by atomic mass is 32.2. The number of amides is 1. The molecule has 0 radical (unpaired) electrons. The van der Waals surface area contributed by atoms with E-state index in [1.807, 2.05) is 0 Å². The maximum absolute atomic E-state index is 12.7. The fourth-order valence-electron chi connectivity index (χ4n) is 3.62. The van der Waals surface area contributed by atoms with Crippen LogP contribution in [0.2, 0.25) is 0 Å². The van der Waals surface area contributed by atoms with Crippen LogP contribution in [0.25, 0.3) is 22.4 Å². The second-order valence-electron chi connectivity index (χ2n) is 7.73. The summed E-state index contributed by atoms with van der Waals surface area (Å²) in [5.74, 6) is -0.145. The van der Waals surface area contributed by atoms with E-state index in [-0.39, 0.29) is 16.8 Å². The number of hydrogen-bond acceptors (Lipinski definition) is 5. The molecule has 1 amide bonds. The fraction of sp³-hybridized carbons (Fsp3) is 0.381. The number of hydrogen-bond donors (Lipinski definition) is 2. The molecule has 7 nitrogen and oxygen atoms in total. The van der Waals surface area contributed by atoms with Gasteiger partial charge in [-0.05, 0) is 38.8 Å². The highest BCUT2D eigenvalue weighted by molar-refractivity contribution is 7.92. The first kappa shape index (κ1) is 19.6. The SMILES string of the molecule is CC(C)S(=O)(=O)c1ccc(-c2cnc3[nH]cc(C(=O)NC4CCCC4)c3n2)cc1. The molecule has 0 spiro atoms. The van der Waals surface area contributed by atoms with Crippen molar-refractivity contribution in [1.82, 2.24) is 20.3 Å². The van der Waals surface area contributed by atoms with Crippen LogP contribution < -0.4 is 5.32 Å². The minimum Gasteiger partial charge on any atom is -0.349 e. The van der Waals surface area contributed by atoms with Gasteiger partial charge in [0.05, 0.1) is 27.6 Å². The third-order valence-electron chi connectivity index (χ3n) is 5.42. The van der Waals surface area contributed by atoms with Crippen molar-refractivity contribution in [3.05, 3.63) is 42.2 Å². The Balaban J connectivity index is 1.64. The second-order valence-corrected chi connectivity index (χ2v) is 10.2. The maximum atomic E-state index is 12.7. The standard InChI is InChI=1S/C21H24N4O3S/c1-13(2)29(27,28)16-9-7-14(8-10-16)18-12-23-20-19(25-18)17(11-22-20)21(26)24-15-5-3-4-6-15/h7-13,15H,3-6H2,1-2H3,(H,22,23)(H,24,26). The van der Waals surface area contributed by atoms with Crippen molar-refractivity contribution in [2.24, 2.45) is 0 Å². The maximum Gasteiger partial charge on any atom is 0.255 e. The number of aromatic amines is 1. The van der Waals surface area contributed by atoms with Crippen molar-refractivity contribution in [2.45, 2.75) is 55.7 Å². The molecule has 2 aromatic heterocycles. The molecule has 0 saturated heterocycles. The van der Waals surface area contributed by atoms with E-state index in [1.165, 1.54) is 0 Å². The Hall–Kier alpha value is -2.74. The molecule has 8 heteroatoms. The number of nitrogens with zero attached hydrogens (tertiary/aromatic N) is 2. The average molecular weight is 413 g/mol. The Bertz CT molecular complexity index is 1140. The number of sulfone groups is 1. The molecule has 4 rings (SSSR count). The third kappa shape index (κ3) is 3.76. The van der Waals surface area contributed by atoms with E-state index in [2.05, 4.69) is 20.3 Å². The van der Waals surface area contributed by atoms with Crippen molar-refractivity contribution in [2.75, 3.05) is 0 Å². The predicted molar refractivity (Wildman–Crippen MR) is 111 cm³/mol. The molecule has 0 bridgehead atoms. The summed E-state index contributed by atoms with van der Waals surface area (Å²) in [6.07, 6.45) is 7.56. The predicted octanol–water partition coefficient (Wildman–Crippen LogP) is 3.48. The smallest absolute Gasteiger partial charge is 0.255 e. The highest BCUT2D eigenvalue weighted by Gasteiger charge is 2.22. The number of aromatic nitrogens is 3. The fourth-order valence-corrected chi connectivity index (χ4v) is 4.68. The van der Waals surface area contributed by atoms with Crippen molar-refractivity contribution in [1.29, 1.82) is 0 Å². The van der Waals surface area contributed by atoms with Gasteiger partial charge in [0.2, 0.25) is 0 Å². The number of fused-ring (bicyclic) bond motifs is 1. The zero-order valence-corrected chi connectivity index (χ0v) is 17.3. The lowest BCUT2D eigenvalue weighted by Crippen LogP contribution is -2.32. The zero-order chi connectivity index (χ0) is 20.6. The lowest BCUT2D eigenvalue weighted by Gasteiger charge is -2.11. The summed E-state index contributed by atoms with van der Waals surface area (Å²) in [7, 11) is -3.33. The van der Waals surface area contributed by atoms with Gasteiger partial charge in [-0.1, -0.05) is 25.0 Å². The normalized spacial score (nSPS) is 15.3. The van der Waals surface area contributed by atoms with Crippen LogP contribution in [0, 0.1) is 0 Å². The first-order valence-electron chi connectivity index (χ1n) is 9.85. The van der Waals surface area contributed by atoms with Crippen molar-refractivity contribution in [3.63, 3.8) is 0 Å². The molecule has 2 heterocycles. The van der Waals surface area contributed by atoms with Crippen LogP contribution >= 0.6 is 0 Å². The average Bonchev–Trinajstić information content (AvgIpc) is 3.37. The number of carbonyl (C=O) groups excluding carboxylic acids is 1. The molecule has 1 aromatic carbocycles. The summed E-state index contributed by atoms with van der Waals surface area (Å²) in [5.41, 5.74) is 2.85. The summed E-state index contributed by atoms with van der Waals surface area (Å²) >= 11 is 0. The van der Waals surface area contributed by atoms with E-state index < -0.39 is 15.1 Å². The van der Waals surface area contributed by atoms with Gasteiger partial charge in [0, 0.05) is 17.8 Å². The van der Waals surface area contributed by atoms with Gasteiger partial charge in [0.1, 0.15) is 5.52 Å². The van der Waals surface area contributed by atoms with Crippen LogP contribution in [0.5, 0.6) is 0 Å². The molecule has 0 aliphatic heterocycles.